The summed E-state index contributed by atoms with van der Waals surface area (Å²) in [5, 5.41) is 10.9. The predicted molar refractivity (Wildman–Crippen MR) is 63.1 cm³/mol. The number of hydrogen-bond donors (Lipinski definition) is 1. The van der Waals surface area contributed by atoms with Gasteiger partial charge in [-0.1, -0.05) is 30.9 Å². The van der Waals surface area contributed by atoms with E-state index < -0.39 is 5.60 Å². The molecule has 0 saturated heterocycles. The Labute approximate surface area is 100 Å². The smallest absolute Gasteiger partial charge is 0.123 e. The van der Waals surface area contributed by atoms with Gasteiger partial charge in [0.15, 0.2) is 0 Å². The van der Waals surface area contributed by atoms with E-state index >= 15 is 0 Å². The van der Waals surface area contributed by atoms with Gasteiger partial charge in [-0.25, -0.2) is 4.39 Å². The van der Waals surface area contributed by atoms with Gasteiger partial charge in [-0.2, -0.15) is 0 Å². The fraction of sp³-hybridized carbons (Fsp3) is 0.538. The van der Waals surface area contributed by atoms with Crippen LogP contribution in [0.1, 0.15) is 37.7 Å². The first-order valence-electron chi connectivity index (χ1n) is 5.75. The van der Waals surface area contributed by atoms with E-state index in [2.05, 4.69) is 0 Å². The Kier molecular flexibility index (Phi) is 3.50. The van der Waals surface area contributed by atoms with E-state index in [1.165, 1.54) is 18.6 Å². The van der Waals surface area contributed by atoms with Crippen LogP contribution in [0, 0.1) is 5.82 Å². The maximum absolute atomic E-state index is 13.1. The van der Waals surface area contributed by atoms with Crippen LogP contribution in [0.2, 0.25) is 5.02 Å². The topological polar surface area (TPSA) is 20.2 Å². The molecule has 0 amide bonds. The van der Waals surface area contributed by atoms with Gasteiger partial charge in [-0.3, -0.25) is 0 Å². The zero-order chi connectivity index (χ0) is 11.6. The molecule has 3 heteroatoms. The summed E-state index contributed by atoms with van der Waals surface area (Å²) in [6.45, 7) is 0. The monoisotopic (exact) mass is 242 g/mol. The summed E-state index contributed by atoms with van der Waals surface area (Å²) >= 11 is 6.00. The summed E-state index contributed by atoms with van der Waals surface area (Å²) in [6, 6.07) is 4.32. The SMILES string of the molecule is OC1(Cc2cc(F)ccc2Cl)CCCCC1. The highest BCUT2D eigenvalue weighted by atomic mass is 35.5. The second kappa shape index (κ2) is 4.72. The van der Waals surface area contributed by atoms with Crippen LogP contribution < -0.4 is 0 Å². The molecule has 0 aromatic heterocycles. The van der Waals surface area contributed by atoms with Crippen LogP contribution in [-0.2, 0) is 6.42 Å². The minimum Gasteiger partial charge on any atom is -0.390 e. The molecule has 0 aliphatic heterocycles. The lowest BCUT2D eigenvalue weighted by molar-refractivity contribution is 0.00446. The molecule has 1 nitrogen and oxygen atoms in total. The highest BCUT2D eigenvalue weighted by Crippen LogP contribution is 2.33. The van der Waals surface area contributed by atoms with Crippen molar-refractivity contribution in [3.05, 3.63) is 34.6 Å². The molecule has 0 bridgehead atoms. The van der Waals surface area contributed by atoms with E-state index in [0.29, 0.717) is 17.0 Å². The van der Waals surface area contributed by atoms with E-state index in [0.717, 1.165) is 25.7 Å². The van der Waals surface area contributed by atoms with Gasteiger partial charge in [0.25, 0.3) is 0 Å². The van der Waals surface area contributed by atoms with Crippen LogP contribution in [0.25, 0.3) is 0 Å². The summed E-state index contributed by atoms with van der Waals surface area (Å²) in [5.74, 6) is -0.293. The van der Waals surface area contributed by atoms with Gasteiger partial charge in [-0.15, -0.1) is 0 Å². The third-order valence-corrected chi connectivity index (χ3v) is 3.68. The van der Waals surface area contributed by atoms with Crippen molar-refractivity contribution in [2.45, 2.75) is 44.1 Å². The van der Waals surface area contributed by atoms with Crippen molar-refractivity contribution in [3.8, 4) is 0 Å². The van der Waals surface area contributed by atoms with Crippen LogP contribution in [0.5, 0.6) is 0 Å². The number of halogens is 2. The zero-order valence-electron chi connectivity index (χ0n) is 9.18. The maximum Gasteiger partial charge on any atom is 0.123 e. The standard InChI is InChI=1S/C13H16ClFO/c14-12-5-4-11(15)8-10(12)9-13(16)6-2-1-3-7-13/h4-5,8,16H,1-3,6-7,9H2. The molecule has 16 heavy (non-hydrogen) atoms. The van der Waals surface area contributed by atoms with Crippen molar-refractivity contribution >= 4 is 11.6 Å². The highest BCUT2D eigenvalue weighted by Gasteiger charge is 2.30. The first-order valence-corrected chi connectivity index (χ1v) is 6.13. The lowest BCUT2D eigenvalue weighted by Crippen LogP contribution is -2.33. The van der Waals surface area contributed by atoms with Crippen LogP contribution in [0.3, 0.4) is 0 Å². The Hall–Kier alpha value is -0.600. The number of rotatable bonds is 2. The maximum atomic E-state index is 13.1. The van der Waals surface area contributed by atoms with Crippen molar-refractivity contribution in [1.82, 2.24) is 0 Å². The molecule has 2 rings (SSSR count). The van der Waals surface area contributed by atoms with E-state index in [1.807, 2.05) is 0 Å². The van der Waals surface area contributed by atoms with Gasteiger partial charge >= 0.3 is 0 Å². The average Bonchev–Trinajstić information content (AvgIpc) is 2.24. The fourth-order valence-corrected chi connectivity index (χ4v) is 2.60. The second-order valence-corrected chi connectivity index (χ2v) is 5.10. The quantitative estimate of drug-likeness (QED) is 0.838. The van der Waals surface area contributed by atoms with Crippen molar-refractivity contribution in [2.75, 3.05) is 0 Å². The van der Waals surface area contributed by atoms with Gasteiger partial charge in [0.2, 0.25) is 0 Å². The molecule has 1 saturated carbocycles. The zero-order valence-corrected chi connectivity index (χ0v) is 9.93. The molecular formula is C13H16ClFO. The molecule has 1 fully saturated rings. The lowest BCUT2D eigenvalue weighted by atomic mass is 9.80. The molecule has 0 radical (unpaired) electrons. The largest absolute Gasteiger partial charge is 0.390 e. The highest BCUT2D eigenvalue weighted by molar-refractivity contribution is 6.31. The Bertz CT molecular complexity index is 372. The third kappa shape index (κ3) is 2.74. The summed E-state index contributed by atoms with van der Waals surface area (Å²) in [5.41, 5.74) is 0.0291. The molecule has 1 N–H and O–H groups in total. The molecule has 0 spiro atoms. The van der Waals surface area contributed by atoms with Crippen molar-refractivity contribution in [2.24, 2.45) is 0 Å². The van der Waals surface area contributed by atoms with E-state index in [1.54, 1.807) is 6.07 Å². The second-order valence-electron chi connectivity index (χ2n) is 4.70. The minimum atomic E-state index is -0.685. The summed E-state index contributed by atoms with van der Waals surface area (Å²) < 4.78 is 13.1. The van der Waals surface area contributed by atoms with Crippen LogP contribution in [0.4, 0.5) is 4.39 Å². The van der Waals surface area contributed by atoms with Gasteiger partial charge in [-0.05, 0) is 36.6 Å². The van der Waals surface area contributed by atoms with Gasteiger partial charge < -0.3 is 5.11 Å². The Morgan fingerprint density at radius 3 is 2.62 bits per heavy atom. The van der Waals surface area contributed by atoms with Crippen molar-refractivity contribution in [1.29, 1.82) is 0 Å². The Morgan fingerprint density at radius 2 is 1.94 bits per heavy atom. The van der Waals surface area contributed by atoms with Gasteiger partial charge in [0.1, 0.15) is 5.82 Å². The van der Waals surface area contributed by atoms with E-state index in [9.17, 15) is 9.50 Å². The molecule has 1 aromatic carbocycles. The molecule has 0 atom stereocenters. The lowest BCUT2D eigenvalue weighted by Gasteiger charge is -2.32. The molecule has 0 heterocycles. The molecule has 1 aromatic rings. The molecular weight excluding hydrogens is 227 g/mol. The summed E-state index contributed by atoms with van der Waals surface area (Å²) in [7, 11) is 0. The van der Waals surface area contributed by atoms with Gasteiger partial charge in [0.05, 0.1) is 5.60 Å². The Morgan fingerprint density at radius 1 is 1.25 bits per heavy atom. The first-order chi connectivity index (χ1) is 7.59. The molecule has 1 aliphatic carbocycles. The molecule has 88 valence electrons. The predicted octanol–water partition coefficient (Wildman–Crippen LogP) is 3.72. The van der Waals surface area contributed by atoms with E-state index in [-0.39, 0.29) is 5.82 Å². The first kappa shape index (κ1) is 11.9. The van der Waals surface area contributed by atoms with Crippen molar-refractivity contribution in [3.63, 3.8) is 0 Å². The summed E-state index contributed by atoms with van der Waals surface area (Å²) in [6.07, 6.45) is 5.31. The Balaban J connectivity index is 2.15. The van der Waals surface area contributed by atoms with Crippen molar-refractivity contribution < 1.29 is 9.50 Å². The van der Waals surface area contributed by atoms with Crippen LogP contribution >= 0.6 is 11.6 Å². The third-order valence-electron chi connectivity index (χ3n) is 3.31. The fourth-order valence-electron chi connectivity index (χ4n) is 2.42. The van der Waals surface area contributed by atoms with Crippen LogP contribution in [0.15, 0.2) is 18.2 Å². The summed E-state index contributed by atoms with van der Waals surface area (Å²) in [4.78, 5) is 0. The number of hydrogen-bond acceptors (Lipinski definition) is 1. The molecule has 1 aliphatic rings. The van der Waals surface area contributed by atoms with E-state index in [4.69, 9.17) is 11.6 Å². The van der Waals surface area contributed by atoms with Crippen LogP contribution in [-0.4, -0.2) is 10.7 Å². The minimum absolute atomic E-state index is 0.293. The number of benzene rings is 1. The van der Waals surface area contributed by atoms with Gasteiger partial charge in [0, 0.05) is 11.4 Å². The normalized spacial score (nSPS) is 19.7. The average molecular weight is 243 g/mol. The number of aliphatic hydroxyl groups is 1. The molecule has 0 unspecified atom stereocenters.